The smallest absolute Gasteiger partial charge is 0.243 e. The van der Waals surface area contributed by atoms with Gasteiger partial charge >= 0.3 is 0 Å². The zero-order valence-electron chi connectivity index (χ0n) is 17.0. The average Bonchev–Trinajstić information content (AvgIpc) is 2.67. The first kappa shape index (κ1) is 22.3. The van der Waals surface area contributed by atoms with Crippen LogP contribution in [-0.2, 0) is 16.1 Å². The van der Waals surface area contributed by atoms with Crippen molar-refractivity contribution in [2.75, 3.05) is 19.4 Å². The molecule has 0 bridgehead atoms. The summed E-state index contributed by atoms with van der Waals surface area (Å²) in [5.41, 5.74) is 0.372. The van der Waals surface area contributed by atoms with Crippen LogP contribution < -0.4 is 10.1 Å². The van der Waals surface area contributed by atoms with E-state index in [9.17, 15) is 20.1 Å². The number of carbonyl (C=O) groups is 2. The summed E-state index contributed by atoms with van der Waals surface area (Å²) in [6, 6.07) is 11.6. The maximum atomic E-state index is 12.5. The van der Waals surface area contributed by atoms with Gasteiger partial charge < -0.3 is 15.0 Å². The zero-order chi connectivity index (χ0) is 21.6. The highest BCUT2D eigenvalue weighted by Gasteiger charge is 2.44. The molecule has 2 rings (SSSR count). The second-order valence-corrected chi connectivity index (χ2v) is 8.19. The number of nitriles is 2. The quantitative estimate of drug-likeness (QED) is 0.738. The fourth-order valence-corrected chi connectivity index (χ4v) is 4.11. The highest BCUT2D eigenvalue weighted by Crippen LogP contribution is 2.41. The van der Waals surface area contributed by atoms with E-state index >= 15 is 0 Å². The maximum absolute atomic E-state index is 12.5. The van der Waals surface area contributed by atoms with Crippen molar-refractivity contribution in [1.29, 1.82) is 10.5 Å². The van der Waals surface area contributed by atoms with Crippen LogP contribution in [0.4, 0.5) is 0 Å². The van der Waals surface area contributed by atoms with E-state index in [1.165, 1.54) is 0 Å². The summed E-state index contributed by atoms with van der Waals surface area (Å²) in [6.45, 7) is 6.33. The Morgan fingerprint density at radius 3 is 2.52 bits per heavy atom. The molecule has 2 amide bonds. The van der Waals surface area contributed by atoms with Crippen LogP contribution in [0.2, 0.25) is 0 Å². The van der Waals surface area contributed by atoms with Crippen LogP contribution in [-0.4, -0.2) is 36.1 Å². The summed E-state index contributed by atoms with van der Waals surface area (Å²) < 4.78 is 5.41. The standard InChI is InChI=1S/C21H24N4O3S/c1-5-28-15-8-6-14(7-9-15)12-25(4)18(26)13-29-20-17(11-23)21(2,3)16(10-22)19(27)24-20/h6-9,16H,5,12-13H2,1-4H3,(H,24,27)/t16-/m0/s1. The van der Waals surface area contributed by atoms with E-state index in [-0.39, 0.29) is 11.7 Å². The van der Waals surface area contributed by atoms with Crippen molar-refractivity contribution in [3.63, 3.8) is 0 Å². The molecule has 1 aliphatic heterocycles. The molecule has 1 heterocycles. The number of nitrogens with one attached hydrogen (secondary N) is 1. The lowest BCUT2D eigenvalue weighted by molar-refractivity contribution is -0.128. The number of nitrogens with zero attached hydrogens (tertiary/aromatic N) is 3. The zero-order valence-corrected chi connectivity index (χ0v) is 17.8. The molecule has 0 saturated heterocycles. The second-order valence-electron chi connectivity index (χ2n) is 7.20. The lowest BCUT2D eigenvalue weighted by Crippen LogP contribution is -2.44. The minimum Gasteiger partial charge on any atom is -0.494 e. The first-order chi connectivity index (χ1) is 13.7. The molecule has 0 fully saturated rings. The number of thioether (sulfide) groups is 1. The predicted octanol–water partition coefficient (Wildman–Crippen LogP) is 2.81. The van der Waals surface area contributed by atoms with Crippen LogP contribution in [0.5, 0.6) is 5.75 Å². The minimum atomic E-state index is -0.945. The molecule has 1 atom stereocenters. The van der Waals surface area contributed by atoms with Crippen molar-refractivity contribution in [2.45, 2.75) is 27.3 Å². The molecule has 0 aliphatic carbocycles. The van der Waals surface area contributed by atoms with Crippen molar-refractivity contribution in [3.8, 4) is 17.9 Å². The Balaban J connectivity index is 2.03. The first-order valence-corrected chi connectivity index (χ1v) is 10.2. The minimum absolute atomic E-state index is 0.0711. The summed E-state index contributed by atoms with van der Waals surface area (Å²) in [4.78, 5) is 26.3. The third-order valence-electron chi connectivity index (χ3n) is 4.75. The van der Waals surface area contributed by atoms with Crippen LogP contribution >= 0.6 is 11.8 Å². The van der Waals surface area contributed by atoms with Gasteiger partial charge in [-0.25, -0.2) is 0 Å². The van der Waals surface area contributed by atoms with Crippen molar-refractivity contribution in [2.24, 2.45) is 11.3 Å². The van der Waals surface area contributed by atoms with Crippen molar-refractivity contribution < 1.29 is 14.3 Å². The third kappa shape index (κ3) is 5.10. The number of allylic oxidation sites excluding steroid dienone is 1. The van der Waals surface area contributed by atoms with Gasteiger partial charge in [0.1, 0.15) is 11.7 Å². The summed E-state index contributed by atoms with van der Waals surface area (Å²) in [6.07, 6.45) is 0. The van der Waals surface area contributed by atoms with Crippen molar-refractivity contribution in [3.05, 3.63) is 40.4 Å². The van der Waals surface area contributed by atoms with Crippen LogP contribution in [0.1, 0.15) is 26.3 Å². The Labute approximate surface area is 175 Å². The van der Waals surface area contributed by atoms with Crippen molar-refractivity contribution >= 4 is 23.6 Å². The van der Waals surface area contributed by atoms with E-state index < -0.39 is 17.2 Å². The fourth-order valence-electron chi connectivity index (χ4n) is 3.00. The van der Waals surface area contributed by atoms with E-state index in [0.29, 0.717) is 23.8 Å². The van der Waals surface area contributed by atoms with Gasteiger partial charge in [0.15, 0.2) is 0 Å². The Morgan fingerprint density at radius 1 is 1.31 bits per heavy atom. The molecule has 1 aromatic rings. The number of benzene rings is 1. The van der Waals surface area contributed by atoms with E-state index in [1.54, 1.807) is 25.8 Å². The van der Waals surface area contributed by atoms with Gasteiger partial charge in [-0.05, 0) is 24.6 Å². The summed E-state index contributed by atoms with van der Waals surface area (Å²) in [5, 5.41) is 21.7. The molecule has 8 heteroatoms. The van der Waals surface area contributed by atoms with E-state index in [1.807, 2.05) is 37.3 Å². The monoisotopic (exact) mass is 412 g/mol. The van der Waals surface area contributed by atoms with Crippen LogP contribution in [0.25, 0.3) is 0 Å². The van der Waals surface area contributed by atoms with Gasteiger partial charge in [0.25, 0.3) is 0 Å². The molecule has 0 radical (unpaired) electrons. The number of carbonyl (C=O) groups excluding carboxylic acids is 2. The molecule has 0 aromatic heterocycles. The predicted molar refractivity (Wildman–Crippen MR) is 110 cm³/mol. The number of amides is 2. The third-order valence-corrected chi connectivity index (χ3v) is 5.74. The van der Waals surface area contributed by atoms with Crippen LogP contribution in [0.15, 0.2) is 34.9 Å². The summed E-state index contributed by atoms with van der Waals surface area (Å²) >= 11 is 1.11. The Bertz CT molecular complexity index is 894. The highest BCUT2D eigenvalue weighted by molar-refractivity contribution is 8.03. The topological polar surface area (TPSA) is 106 Å². The van der Waals surface area contributed by atoms with Gasteiger partial charge in [-0.2, -0.15) is 10.5 Å². The lowest BCUT2D eigenvalue weighted by Gasteiger charge is -2.34. The van der Waals surface area contributed by atoms with Gasteiger partial charge in [-0.1, -0.05) is 37.7 Å². The SMILES string of the molecule is CCOc1ccc(CN(C)C(=O)CSC2=C(C#N)C(C)(C)[C@@H](C#N)C(=O)N2)cc1. The molecule has 0 saturated carbocycles. The molecule has 1 aliphatic rings. The van der Waals surface area contributed by atoms with E-state index in [2.05, 4.69) is 11.4 Å². The fraction of sp³-hybridized carbons (Fsp3) is 0.429. The molecule has 1 N–H and O–H groups in total. The van der Waals surface area contributed by atoms with E-state index in [4.69, 9.17) is 4.74 Å². The molecule has 0 unspecified atom stereocenters. The first-order valence-electron chi connectivity index (χ1n) is 9.18. The Kier molecular flexibility index (Phi) is 7.30. The molecule has 152 valence electrons. The molecule has 0 spiro atoms. The van der Waals surface area contributed by atoms with Gasteiger partial charge in [0.2, 0.25) is 11.8 Å². The van der Waals surface area contributed by atoms with Crippen LogP contribution in [0, 0.1) is 34.0 Å². The molecule has 29 heavy (non-hydrogen) atoms. The molecular weight excluding hydrogens is 388 g/mol. The van der Waals surface area contributed by atoms with Gasteiger partial charge in [-0.3, -0.25) is 9.59 Å². The highest BCUT2D eigenvalue weighted by atomic mass is 32.2. The van der Waals surface area contributed by atoms with Gasteiger partial charge in [0.05, 0.1) is 35.1 Å². The number of hydrogen-bond donors (Lipinski definition) is 1. The van der Waals surface area contributed by atoms with Crippen LogP contribution in [0.3, 0.4) is 0 Å². The number of hydrogen-bond acceptors (Lipinski definition) is 6. The summed E-state index contributed by atoms with van der Waals surface area (Å²) in [5.74, 6) is -0.679. The Morgan fingerprint density at radius 2 is 1.97 bits per heavy atom. The lowest BCUT2D eigenvalue weighted by atomic mass is 9.72. The maximum Gasteiger partial charge on any atom is 0.243 e. The van der Waals surface area contributed by atoms with Gasteiger partial charge in [-0.15, -0.1) is 0 Å². The molecule has 1 aromatic carbocycles. The normalized spacial score (nSPS) is 17.7. The summed E-state index contributed by atoms with van der Waals surface area (Å²) in [7, 11) is 1.70. The van der Waals surface area contributed by atoms with Crippen molar-refractivity contribution in [1.82, 2.24) is 10.2 Å². The second kappa shape index (κ2) is 9.49. The molecule has 7 nitrogen and oxygen atoms in total. The average molecular weight is 413 g/mol. The number of rotatable bonds is 7. The largest absolute Gasteiger partial charge is 0.494 e. The molecular formula is C21H24N4O3S. The van der Waals surface area contributed by atoms with Gasteiger partial charge in [0, 0.05) is 19.0 Å². The number of ether oxygens (including phenoxy) is 1. The van der Waals surface area contributed by atoms with E-state index in [0.717, 1.165) is 23.1 Å². The Hall–Kier alpha value is -2.97.